The minimum atomic E-state index is -0.0911. The van der Waals surface area contributed by atoms with Crippen molar-refractivity contribution in [1.29, 1.82) is 0 Å². The summed E-state index contributed by atoms with van der Waals surface area (Å²) in [7, 11) is 0. The number of nitrogens with two attached hydrogens (primary N) is 1. The quantitative estimate of drug-likeness (QED) is 0.422. The average Bonchev–Trinajstić information content (AvgIpc) is 3.12. The van der Waals surface area contributed by atoms with Crippen LogP contribution >= 0.6 is 11.8 Å². The Balaban J connectivity index is 1.24. The molecule has 2 heterocycles. The van der Waals surface area contributed by atoms with Crippen molar-refractivity contribution in [3.05, 3.63) is 59.9 Å². The molecule has 1 aliphatic heterocycles. The van der Waals surface area contributed by atoms with Crippen molar-refractivity contribution in [2.24, 2.45) is 0 Å². The monoisotopic (exact) mass is 425 g/mol. The molecule has 3 N–H and O–H groups in total. The maximum atomic E-state index is 12.2. The minimum Gasteiger partial charge on any atom is -0.486 e. The molecule has 0 bridgehead atoms. The number of carbonyl (C=O) groups excluding carboxylic acids is 1. The van der Waals surface area contributed by atoms with Crippen LogP contribution in [0, 0.1) is 0 Å². The average molecular weight is 426 g/mol. The third-order valence-corrected chi connectivity index (χ3v) is 5.55. The van der Waals surface area contributed by atoms with Gasteiger partial charge in [-0.3, -0.25) is 4.79 Å². The number of hydrogen-bond donors (Lipinski definition) is 2. The Morgan fingerprint density at radius 1 is 1.07 bits per heavy atom. The van der Waals surface area contributed by atoms with Gasteiger partial charge in [-0.15, -0.1) is 10.2 Å². The number of nitrogens with one attached hydrogen (secondary N) is 1. The number of rotatable bonds is 8. The lowest BCUT2D eigenvalue weighted by Crippen LogP contribution is -2.17. The number of ether oxygens (including phenoxy) is 2. The lowest BCUT2D eigenvalue weighted by molar-refractivity contribution is -0.115. The summed E-state index contributed by atoms with van der Waals surface area (Å²) in [4.78, 5) is 12.2. The predicted molar refractivity (Wildman–Crippen MR) is 115 cm³/mol. The number of nitrogens with zero attached hydrogens (tertiary/aromatic N) is 3. The first-order chi connectivity index (χ1) is 14.7. The molecule has 3 aromatic rings. The molecule has 0 saturated carbocycles. The number of thioether (sulfide) groups is 1. The molecule has 0 spiro atoms. The zero-order valence-electron chi connectivity index (χ0n) is 16.4. The molecule has 9 heteroatoms. The smallest absolute Gasteiger partial charge is 0.225 e. The van der Waals surface area contributed by atoms with Crippen molar-refractivity contribution in [3.63, 3.8) is 0 Å². The number of nitrogen functional groups attached to an aromatic ring is 1. The van der Waals surface area contributed by atoms with Crippen LogP contribution in [0.4, 0.5) is 5.69 Å². The molecule has 0 unspecified atom stereocenters. The molecule has 1 aliphatic rings. The number of aromatic nitrogens is 3. The Labute approximate surface area is 178 Å². The lowest BCUT2D eigenvalue weighted by atomic mass is 10.1. The maximum absolute atomic E-state index is 12.2. The van der Waals surface area contributed by atoms with E-state index in [2.05, 4.69) is 27.6 Å². The van der Waals surface area contributed by atoms with Gasteiger partial charge in [0.15, 0.2) is 17.3 Å². The number of benzene rings is 2. The van der Waals surface area contributed by atoms with Gasteiger partial charge in [-0.2, -0.15) is 0 Å². The number of anilines is 1. The fourth-order valence-electron chi connectivity index (χ4n) is 3.06. The number of fused-ring (bicyclic) bond motifs is 1. The van der Waals surface area contributed by atoms with Crippen molar-refractivity contribution < 1.29 is 14.3 Å². The van der Waals surface area contributed by atoms with Crippen molar-refractivity contribution >= 4 is 23.4 Å². The van der Waals surface area contributed by atoms with Crippen LogP contribution in [-0.4, -0.2) is 39.7 Å². The normalized spacial score (nSPS) is 12.5. The fourth-order valence-corrected chi connectivity index (χ4v) is 3.87. The van der Waals surface area contributed by atoms with Gasteiger partial charge < -0.3 is 20.6 Å². The highest BCUT2D eigenvalue weighted by atomic mass is 32.2. The van der Waals surface area contributed by atoms with E-state index in [-0.39, 0.29) is 5.91 Å². The Morgan fingerprint density at radius 2 is 1.87 bits per heavy atom. The molecule has 1 aromatic heterocycles. The molecular formula is C21H23N5O3S. The van der Waals surface area contributed by atoms with Crippen LogP contribution in [0.3, 0.4) is 0 Å². The van der Waals surface area contributed by atoms with E-state index in [1.54, 1.807) is 18.2 Å². The highest BCUT2D eigenvalue weighted by Crippen LogP contribution is 2.32. The van der Waals surface area contributed by atoms with Gasteiger partial charge in [-0.25, -0.2) is 4.68 Å². The lowest BCUT2D eigenvalue weighted by Gasteiger charge is -2.19. The third kappa shape index (κ3) is 5.04. The molecular weight excluding hydrogens is 402 g/mol. The van der Waals surface area contributed by atoms with Gasteiger partial charge in [-0.1, -0.05) is 42.1 Å². The summed E-state index contributed by atoms with van der Waals surface area (Å²) in [5, 5.41) is 11.8. The van der Waals surface area contributed by atoms with E-state index in [0.29, 0.717) is 54.2 Å². The van der Waals surface area contributed by atoms with Crippen LogP contribution in [-0.2, 0) is 17.6 Å². The molecule has 0 aliphatic carbocycles. The van der Waals surface area contributed by atoms with E-state index in [4.69, 9.17) is 15.3 Å². The first-order valence-electron chi connectivity index (χ1n) is 9.74. The second kappa shape index (κ2) is 9.53. The SMILES string of the molecule is Nn1c(CCc2ccccc2)nnc1SCCC(=O)Nc1ccc2c(c1)OCCO2. The molecule has 8 nitrogen and oxygen atoms in total. The number of carbonyl (C=O) groups is 1. The van der Waals surface area contributed by atoms with Crippen molar-refractivity contribution in [1.82, 2.24) is 14.9 Å². The van der Waals surface area contributed by atoms with Gasteiger partial charge in [0.1, 0.15) is 13.2 Å². The zero-order valence-corrected chi connectivity index (χ0v) is 17.2. The molecule has 0 radical (unpaired) electrons. The molecule has 2 aromatic carbocycles. The first kappa shape index (κ1) is 20.1. The number of amides is 1. The zero-order chi connectivity index (χ0) is 20.8. The summed E-state index contributed by atoms with van der Waals surface area (Å²) in [6.07, 6.45) is 1.88. The number of aryl methyl sites for hydroxylation is 2. The van der Waals surface area contributed by atoms with Crippen LogP contribution in [0.25, 0.3) is 0 Å². The highest BCUT2D eigenvalue weighted by molar-refractivity contribution is 7.99. The summed E-state index contributed by atoms with van der Waals surface area (Å²) in [6.45, 7) is 1.05. The Morgan fingerprint density at radius 3 is 2.70 bits per heavy atom. The van der Waals surface area contributed by atoms with E-state index in [9.17, 15) is 4.79 Å². The molecule has 0 fully saturated rings. The summed E-state index contributed by atoms with van der Waals surface area (Å²) in [5.74, 6) is 8.64. The van der Waals surface area contributed by atoms with Crippen LogP contribution in [0.15, 0.2) is 53.7 Å². The van der Waals surface area contributed by atoms with E-state index < -0.39 is 0 Å². The summed E-state index contributed by atoms with van der Waals surface area (Å²) < 4.78 is 12.5. The molecule has 0 atom stereocenters. The molecule has 0 saturated heterocycles. The number of hydrogen-bond acceptors (Lipinski definition) is 7. The summed E-state index contributed by atoms with van der Waals surface area (Å²) >= 11 is 1.41. The van der Waals surface area contributed by atoms with Crippen molar-refractivity contribution in [2.75, 3.05) is 30.1 Å². The Kier molecular flexibility index (Phi) is 6.38. The summed E-state index contributed by atoms with van der Waals surface area (Å²) in [6, 6.07) is 15.5. The van der Waals surface area contributed by atoms with Crippen molar-refractivity contribution in [3.8, 4) is 11.5 Å². The Hall–Kier alpha value is -3.20. The predicted octanol–water partition coefficient (Wildman–Crippen LogP) is 2.67. The largest absolute Gasteiger partial charge is 0.486 e. The minimum absolute atomic E-state index is 0.0911. The topological polar surface area (TPSA) is 104 Å². The van der Waals surface area contributed by atoms with Crippen LogP contribution in [0.5, 0.6) is 11.5 Å². The second-order valence-electron chi connectivity index (χ2n) is 6.76. The van der Waals surface area contributed by atoms with Crippen LogP contribution in [0.2, 0.25) is 0 Å². The van der Waals surface area contributed by atoms with E-state index in [0.717, 1.165) is 12.2 Å². The maximum Gasteiger partial charge on any atom is 0.225 e. The van der Waals surface area contributed by atoms with Gasteiger partial charge in [0.2, 0.25) is 11.1 Å². The molecule has 1 amide bonds. The van der Waals surface area contributed by atoms with E-state index in [1.807, 2.05) is 18.2 Å². The van der Waals surface area contributed by atoms with Crippen LogP contribution in [0.1, 0.15) is 17.8 Å². The van der Waals surface area contributed by atoms with Gasteiger partial charge in [-0.05, 0) is 24.1 Å². The molecule has 156 valence electrons. The van der Waals surface area contributed by atoms with Crippen molar-refractivity contribution in [2.45, 2.75) is 24.4 Å². The van der Waals surface area contributed by atoms with Gasteiger partial charge >= 0.3 is 0 Å². The van der Waals surface area contributed by atoms with Gasteiger partial charge in [0.05, 0.1) is 0 Å². The standard InChI is InChI=1S/C21H23N5O3S/c22-26-19(9-6-15-4-2-1-3-5-15)24-25-21(26)30-13-10-20(27)23-16-7-8-17-18(14-16)29-12-11-28-17/h1-5,7-8,14H,6,9-13,22H2,(H,23,27). The summed E-state index contributed by atoms with van der Waals surface area (Å²) in [5.41, 5.74) is 1.91. The van der Waals surface area contributed by atoms with Gasteiger partial charge in [0.25, 0.3) is 0 Å². The van der Waals surface area contributed by atoms with Crippen LogP contribution < -0.4 is 20.6 Å². The first-order valence-corrected chi connectivity index (χ1v) is 10.7. The fraction of sp³-hybridized carbons (Fsp3) is 0.286. The Bertz CT molecular complexity index is 1010. The highest BCUT2D eigenvalue weighted by Gasteiger charge is 2.14. The van der Waals surface area contributed by atoms with Gasteiger partial charge in [0, 0.05) is 30.3 Å². The van der Waals surface area contributed by atoms with E-state index in [1.165, 1.54) is 22.0 Å². The molecule has 30 heavy (non-hydrogen) atoms. The molecule has 4 rings (SSSR count). The third-order valence-electron chi connectivity index (χ3n) is 4.60. The van der Waals surface area contributed by atoms with E-state index >= 15 is 0 Å². The second-order valence-corrected chi connectivity index (χ2v) is 7.82.